The SMILES string of the molecule is [2H]C([2H])([2H])c1ccc(-c2cc(C#N)cc([N+]#[C-])c2)nc1. The number of nitrogens with zero attached hydrogens (tertiary/aromatic N) is 3. The molecule has 0 aliphatic heterocycles. The Labute approximate surface area is 104 Å². The molecule has 2 rings (SSSR count). The van der Waals surface area contributed by atoms with Crippen molar-refractivity contribution in [2.45, 2.75) is 6.85 Å². The summed E-state index contributed by atoms with van der Waals surface area (Å²) in [5, 5.41) is 8.93. The zero-order valence-corrected chi connectivity index (χ0v) is 8.81. The van der Waals surface area contributed by atoms with Crippen LogP contribution in [0.1, 0.15) is 15.2 Å². The molecule has 17 heavy (non-hydrogen) atoms. The van der Waals surface area contributed by atoms with E-state index in [9.17, 15) is 0 Å². The number of hydrogen-bond donors (Lipinski definition) is 0. The Balaban J connectivity index is 2.48. The quantitative estimate of drug-likeness (QED) is 0.693. The Kier molecular flexibility index (Phi) is 2.00. The maximum Gasteiger partial charge on any atom is 0.189 e. The molecule has 0 radical (unpaired) electrons. The summed E-state index contributed by atoms with van der Waals surface area (Å²) in [4.78, 5) is 7.40. The van der Waals surface area contributed by atoms with Gasteiger partial charge in [0.2, 0.25) is 0 Å². The first kappa shape index (κ1) is 7.60. The van der Waals surface area contributed by atoms with Gasteiger partial charge in [0.1, 0.15) is 0 Å². The van der Waals surface area contributed by atoms with Crippen molar-refractivity contribution in [1.82, 2.24) is 4.98 Å². The van der Waals surface area contributed by atoms with E-state index < -0.39 is 6.85 Å². The lowest BCUT2D eigenvalue weighted by molar-refractivity contribution is 1.27. The van der Waals surface area contributed by atoms with Gasteiger partial charge in [-0.1, -0.05) is 6.07 Å². The molecular weight excluding hydrogens is 210 g/mol. The number of hydrogen-bond acceptors (Lipinski definition) is 2. The van der Waals surface area contributed by atoms with Gasteiger partial charge in [0.25, 0.3) is 0 Å². The number of rotatable bonds is 1. The lowest BCUT2D eigenvalue weighted by Gasteiger charge is -2.03. The minimum Gasteiger partial charge on any atom is -0.256 e. The Morgan fingerprint density at radius 2 is 2.29 bits per heavy atom. The van der Waals surface area contributed by atoms with Gasteiger partial charge in [-0.25, -0.2) is 4.85 Å². The summed E-state index contributed by atoms with van der Waals surface area (Å²) in [7, 11) is 0. The van der Waals surface area contributed by atoms with Crippen LogP contribution in [0.25, 0.3) is 16.1 Å². The van der Waals surface area contributed by atoms with Gasteiger partial charge < -0.3 is 0 Å². The van der Waals surface area contributed by atoms with Crippen molar-refractivity contribution in [3.05, 3.63) is 59.1 Å². The van der Waals surface area contributed by atoms with E-state index in [0.29, 0.717) is 22.5 Å². The Morgan fingerprint density at radius 3 is 2.88 bits per heavy atom. The molecule has 80 valence electrons. The topological polar surface area (TPSA) is 41.0 Å². The van der Waals surface area contributed by atoms with Gasteiger partial charge in [-0.15, -0.1) is 0 Å². The third-order valence-corrected chi connectivity index (χ3v) is 2.24. The maximum atomic E-state index is 8.93. The van der Waals surface area contributed by atoms with E-state index in [-0.39, 0.29) is 5.56 Å². The van der Waals surface area contributed by atoms with Crippen LogP contribution in [0.5, 0.6) is 0 Å². The van der Waals surface area contributed by atoms with E-state index in [1.165, 1.54) is 18.3 Å². The third-order valence-electron chi connectivity index (χ3n) is 2.24. The molecule has 0 saturated heterocycles. The molecule has 3 heteroatoms. The fourth-order valence-corrected chi connectivity index (χ4v) is 1.45. The molecule has 1 aromatic heterocycles. The average Bonchev–Trinajstić information content (AvgIpc) is 2.46. The summed E-state index contributed by atoms with van der Waals surface area (Å²) in [6.07, 6.45) is 1.29. The highest BCUT2D eigenvalue weighted by Gasteiger charge is 2.03. The standard InChI is InChI=1S/C14H9N3/c1-10-3-4-14(17-9-10)12-5-11(8-15)6-13(7-12)16-2/h3-7,9H,1H3/i1D3. The van der Waals surface area contributed by atoms with Gasteiger partial charge in [-0.05, 0) is 42.2 Å². The molecule has 1 heterocycles. The molecule has 3 nitrogen and oxygen atoms in total. The number of nitriles is 1. The zero-order chi connectivity index (χ0) is 14.8. The fourth-order valence-electron chi connectivity index (χ4n) is 1.45. The van der Waals surface area contributed by atoms with Crippen molar-refractivity contribution in [3.8, 4) is 17.3 Å². The summed E-state index contributed by atoms with van der Waals surface area (Å²) < 4.78 is 21.9. The molecule has 0 amide bonds. The average molecular weight is 222 g/mol. The molecule has 0 aliphatic carbocycles. The summed E-state index contributed by atoms with van der Waals surface area (Å²) in [5.74, 6) is 0. The van der Waals surface area contributed by atoms with Crippen molar-refractivity contribution in [2.75, 3.05) is 0 Å². The first-order chi connectivity index (χ1) is 9.44. The summed E-state index contributed by atoms with van der Waals surface area (Å²) in [6, 6.07) is 9.77. The van der Waals surface area contributed by atoms with Crippen molar-refractivity contribution in [3.63, 3.8) is 0 Å². The predicted octanol–water partition coefficient (Wildman–Crippen LogP) is 3.48. The Morgan fingerprint density at radius 1 is 1.41 bits per heavy atom. The van der Waals surface area contributed by atoms with Crippen LogP contribution in [-0.2, 0) is 0 Å². The van der Waals surface area contributed by atoms with Gasteiger partial charge >= 0.3 is 0 Å². The van der Waals surface area contributed by atoms with Crippen LogP contribution in [0.3, 0.4) is 0 Å². The summed E-state index contributed by atoms with van der Waals surface area (Å²) in [6.45, 7) is 4.82. The zero-order valence-electron chi connectivity index (χ0n) is 11.8. The van der Waals surface area contributed by atoms with Crippen LogP contribution in [-0.4, -0.2) is 4.98 Å². The molecule has 2 aromatic rings. The monoisotopic (exact) mass is 222 g/mol. The highest BCUT2D eigenvalue weighted by atomic mass is 14.7. The molecule has 0 atom stereocenters. The summed E-state index contributed by atoms with van der Waals surface area (Å²) >= 11 is 0. The third kappa shape index (κ3) is 2.30. The molecule has 0 spiro atoms. The normalized spacial score (nSPS) is 12.7. The molecular formula is C14H9N3. The van der Waals surface area contributed by atoms with Crippen LogP contribution in [0.2, 0.25) is 0 Å². The van der Waals surface area contributed by atoms with Crippen LogP contribution < -0.4 is 0 Å². The van der Waals surface area contributed by atoms with Crippen LogP contribution in [0.4, 0.5) is 5.69 Å². The van der Waals surface area contributed by atoms with E-state index >= 15 is 0 Å². The predicted molar refractivity (Wildman–Crippen MR) is 65.4 cm³/mol. The van der Waals surface area contributed by atoms with Gasteiger partial charge in [0.05, 0.1) is 18.3 Å². The fraction of sp³-hybridized carbons (Fsp3) is 0.0714. The van der Waals surface area contributed by atoms with Gasteiger partial charge in [-0.2, -0.15) is 5.26 Å². The van der Waals surface area contributed by atoms with E-state index in [0.717, 1.165) is 0 Å². The number of aryl methyl sites for hydroxylation is 1. The highest BCUT2D eigenvalue weighted by molar-refractivity contribution is 5.68. The molecule has 0 unspecified atom stereocenters. The first-order valence-electron chi connectivity index (χ1n) is 6.33. The van der Waals surface area contributed by atoms with Gasteiger partial charge in [0.15, 0.2) is 5.69 Å². The molecule has 0 saturated carbocycles. The second-order valence-electron chi connectivity index (χ2n) is 3.42. The van der Waals surface area contributed by atoms with Gasteiger partial charge in [0, 0.05) is 15.9 Å². The number of pyridine rings is 1. The number of benzene rings is 1. The molecule has 1 aromatic carbocycles. The van der Waals surface area contributed by atoms with Crippen LogP contribution >= 0.6 is 0 Å². The van der Waals surface area contributed by atoms with E-state index in [1.54, 1.807) is 18.2 Å². The van der Waals surface area contributed by atoms with E-state index in [2.05, 4.69) is 9.83 Å². The second-order valence-corrected chi connectivity index (χ2v) is 3.42. The van der Waals surface area contributed by atoms with Gasteiger partial charge in [-0.3, -0.25) is 4.98 Å². The van der Waals surface area contributed by atoms with E-state index in [4.69, 9.17) is 15.9 Å². The molecule has 0 fully saturated rings. The molecule has 0 bridgehead atoms. The Hall–Kier alpha value is -2.65. The van der Waals surface area contributed by atoms with Crippen LogP contribution in [0, 0.1) is 24.8 Å². The summed E-state index contributed by atoms with van der Waals surface area (Å²) in [5.41, 5.74) is 2.02. The van der Waals surface area contributed by atoms with Crippen molar-refractivity contribution < 1.29 is 4.11 Å². The van der Waals surface area contributed by atoms with Crippen molar-refractivity contribution in [2.24, 2.45) is 0 Å². The second kappa shape index (κ2) is 4.47. The largest absolute Gasteiger partial charge is 0.256 e. The first-order valence-corrected chi connectivity index (χ1v) is 4.83. The lowest BCUT2D eigenvalue weighted by atomic mass is 10.1. The van der Waals surface area contributed by atoms with Crippen LogP contribution in [0.15, 0.2) is 36.5 Å². The minimum absolute atomic E-state index is 0.156. The van der Waals surface area contributed by atoms with E-state index in [1.807, 2.05) is 6.07 Å². The number of aromatic nitrogens is 1. The van der Waals surface area contributed by atoms with Crippen molar-refractivity contribution >= 4 is 5.69 Å². The van der Waals surface area contributed by atoms with Crippen molar-refractivity contribution in [1.29, 1.82) is 5.26 Å². The maximum absolute atomic E-state index is 8.93. The minimum atomic E-state index is -2.19. The molecule has 0 aliphatic rings. The smallest absolute Gasteiger partial charge is 0.189 e. The highest BCUT2D eigenvalue weighted by Crippen LogP contribution is 2.24. The molecule has 0 N–H and O–H groups in total. The Bertz CT molecular complexity index is 687. The lowest BCUT2D eigenvalue weighted by Crippen LogP contribution is -1.85.